The number of benzene rings is 8. The van der Waals surface area contributed by atoms with Crippen LogP contribution in [-0.4, -0.2) is 18.5 Å². The number of aromatic nitrogens is 4. The van der Waals surface area contributed by atoms with Gasteiger partial charge in [0.25, 0.3) is 0 Å². The minimum Gasteiger partial charge on any atom is -0.510 e. The van der Waals surface area contributed by atoms with E-state index < -0.39 is 0 Å². The van der Waals surface area contributed by atoms with Gasteiger partial charge < -0.3 is 22.4 Å². The fourth-order valence-corrected chi connectivity index (χ4v) is 9.84. The number of rotatable bonds is 1. The van der Waals surface area contributed by atoms with E-state index in [1.54, 1.807) is 0 Å². The van der Waals surface area contributed by atoms with E-state index in [0.29, 0.717) is 11.2 Å². The Morgan fingerprint density at radius 1 is 0.536 bits per heavy atom. The van der Waals surface area contributed by atoms with Gasteiger partial charge in [0.2, 0.25) is 0 Å². The molecule has 7 heteroatoms. The van der Waals surface area contributed by atoms with Crippen molar-refractivity contribution in [1.29, 1.82) is 0 Å². The summed E-state index contributed by atoms with van der Waals surface area (Å²) in [7, 11) is 0. The zero-order valence-electron chi connectivity index (χ0n) is 39.3. The van der Waals surface area contributed by atoms with Crippen molar-refractivity contribution in [3.63, 3.8) is 0 Å². The molecule has 6 nitrogen and oxygen atoms in total. The summed E-state index contributed by atoms with van der Waals surface area (Å²) in [5.74, 6) is 0. The molecule has 1 aliphatic heterocycles. The van der Waals surface area contributed by atoms with Crippen LogP contribution >= 0.6 is 0 Å². The molecule has 342 valence electrons. The molecule has 13 aromatic rings. The summed E-state index contributed by atoms with van der Waals surface area (Å²) in [6.45, 7) is 13.6. The monoisotopic (exact) mass is 1080 g/mol. The van der Waals surface area contributed by atoms with Crippen molar-refractivity contribution < 1.29 is 29.9 Å². The summed E-state index contributed by atoms with van der Waals surface area (Å²) in [5.41, 5.74) is 13.8. The Labute approximate surface area is 415 Å². The Hall–Kier alpha value is -7.53. The first kappa shape index (κ1) is 44.0. The molecule has 0 amide bonds. The van der Waals surface area contributed by atoms with E-state index in [2.05, 4.69) is 225 Å². The van der Waals surface area contributed by atoms with Gasteiger partial charge >= 0.3 is 0 Å². The summed E-state index contributed by atoms with van der Waals surface area (Å²) in [4.78, 5) is 5.20. The fourth-order valence-electron chi connectivity index (χ4n) is 9.84. The molecule has 0 N–H and O–H groups in total. The Morgan fingerprint density at radius 2 is 1.23 bits per heavy atom. The summed E-state index contributed by atoms with van der Waals surface area (Å²) in [6.07, 6.45) is 4.19. The second kappa shape index (κ2) is 16.9. The Morgan fingerprint density at radius 3 is 2.03 bits per heavy atom. The summed E-state index contributed by atoms with van der Waals surface area (Å²) < 4.78 is 20.4. The summed E-state index contributed by atoms with van der Waals surface area (Å²) in [5, 5.41) is 6.33. The van der Waals surface area contributed by atoms with E-state index in [-0.39, 0.29) is 31.9 Å². The molecule has 14 rings (SSSR count). The van der Waals surface area contributed by atoms with Crippen molar-refractivity contribution in [3.05, 3.63) is 212 Å². The van der Waals surface area contributed by atoms with Gasteiger partial charge in [0.1, 0.15) is 16.8 Å². The molecule has 0 spiro atoms. The maximum Gasteiger partial charge on any atom is 0.135 e. The number of hydrogen-bond acceptors (Lipinski definition) is 3. The first-order chi connectivity index (χ1) is 33.0. The molecule has 0 atom stereocenters. The number of para-hydroxylation sites is 5. The quantitative estimate of drug-likeness (QED) is 0.154. The van der Waals surface area contributed by atoms with E-state index in [1.165, 1.54) is 11.1 Å². The van der Waals surface area contributed by atoms with E-state index in [4.69, 9.17) is 13.8 Å². The maximum absolute atomic E-state index is 6.93. The van der Waals surface area contributed by atoms with Crippen LogP contribution < -0.4 is 0 Å². The smallest absolute Gasteiger partial charge is 0.135 e. The van der Waals surface area contributed by atoms with E-state index in [9.17, 15) is 0 Å². The molecule has 0 saturated carbocycles. The molecule has 69 heavy (non-hydrogen) atoms. The first-order valence-corrected chi connectivity index (χ1v) is 23.3. The third-order valence-electron chi connectivity index (χ3n) is 13.2. The van der Waals surface area contributed by atoms with Crippen LogP contribution in [0.2, 0.25) is 0 Å². The van der Waals surface area contributed by atoms with Gasteiger partial charge in [0.15, 0.2) is 0 Å². The van der Waals surface area contributed by atoms with Crippen molar-refractivity contribution in [1.82, 2.24) is 18.5 Å². The van der Waals surface area contributed by atoms with Crippen molar-refractivity contribution in [3.8, 4) is 22.5 Å². The predicted molar refractivity (Wildman–Crippen MR) is 281 cm³/mol. The average Bonchev–Trinajstić information content (AvgIpc) is 3.89. The average molecular weight is 1080 g/mol. The van der Waals surface area contributed by atoms with Gasteiger partial charge in [-0.15, -0.1) is 29.1 Å². The van der Waals surface area contributed by atoms with Gasteiger partial charge in [0.05, 0.1) is 0 Å². The van der Waals surface area contributed by atoms with Crippen molar-refractivity contribution in [2.45, 2.75) is 52.4 Å². The van der Waals surface area contributed by atoms with Crippen LogP contribution in [0.15, 0.2) is 197 Å². The van der Waals surface area contributed by atoms with Gasteiger partial charge in [-0.05, 0) is 96.5 Å². The van der Waals surface area contributed by atoms with Gasteiger partial charge in [0, 0.05) is 61.0 Å². The SMILES string of the molecule is CC(C)(C)c1cccc(-c2cccc3c4ccccc4oc4ccc(cc4)c4cnc(cc4C(C)(C)C)n4c5[c-]c(ccc5c5ccccc54)oc4[c-]c(ccc4)n4[cH-]n(c23)-c2ccccc2-4)c1.[Pt]. The Kier molecular flexibility index (Phi) is 10.8. The minimum absolute atomic E-state index is 0. The third-order valence-corrected chi connectivity index (χ3v) is 13.2. The van der Waals surface area contributed by atoms with Gasteiger partial charge in [-0.25, -0.2) is 4.98 Å². The predicted octanol–water partition coefficient (Wildman–Crippen LogP) is 16.6. The number of nitrogens with zero attached hydrogens (tertiary/aromatic N) is 4. The topological polar surface area (TPSA) is 53.4 Å². The normalized spacial score (nSPS) is 12.1. The largest absolute Gasteiger partial charge is 0.510 e. The molecule has 6 heterocycles. The molecule has 0 fully saturated rings. The molecule has 0 radical (unpaired) electrons. The number of imidazole rings is 1. The van der Waals surface area contributed by atoms with E-state index in [0.717, 1.165) is 93.7 Å². The Bertz CT molecular complexity index is 4120. The van der Waals surface area contributed by atoms with Crippen molar-refractivity contribution in [2.24, 2.45) is 0 Å². The number of pyridine rings is 1. The molecule has 0 saturated heterocycles. The third kappa shape index (κ3) is 7.74. The molecule has 5 aromatic heterocycles. The van der Waals surface area contributed by atoms with Gasteiger partial charge in [-0.1, -0.05) is 162 Å². The second-order valence-corrected chi connectivity index (χ2v) is 19.8. The van der Waals surface area contributed by atoms with Crippen LogP contribution in [0.4, 0.5) is 0 Å². The standard InChI is InChI=1S/C62H49N4O2.Pt/c1-61(2,3)42-17-13-16-41(34-42)47-22-15-23-51-50-21-8-12-27-58(50)68-44-30-28-40(29-31-44)52-38-63-59(37-53(52)62(4,5)6)66-54-24-9-7-20-48(54)49-33-32-46(36-57(49)66)67-45-19-14-18-43(35-45)64-39-65(60(47)51)56-26-11-10-25-55(56)64;/h7-34,37-39H,1-6H3;/q-3;. The van der Waals surface area contributed by atoms with Crippen LogP contribution in [0.3, 0.4) is 0 Å². The molecule has 0 aliphatic carbocycles. The number of hydrogen-bond donors (Lipinski definition) is 0. The molecule has 10 bridgehead atoms. The summed E-state index contributed by atoms with van der Waals surface area (Å²) >= 11 is 0. The van der Waals surface area contributed by atoms with Gasteiger partial charge in [-0.3, -0.25) is 0 Å². The van der Waals surface area contributed by atoms with Gasteiger partial charge in [-0.2, -0.15) is 24.3 Å². The van der Waals surface area contributed by atoms with E-state index in [1.807, 2.05) is 30.5 Å². The maximum atomic E-state index is 6.93. The molecular weight excluding hydrogens is 1030 g/mol. The van der Waals surface area contributed by atoms with Crippen LogP contribution in [-0.2, 0) is 31.9 Å². The minimum atomic E-state index is -0.202. The fraction of sp³-hybridized carbons (Fsp3) is 0.129. The summed E-state index contributed by atoms with van der Waals surface area (Å²) in [6, 6.07) is 69.1. The van der Waals surface area contributed by atoms with Crippen LogP contribution in [0.5, 0.6) is 0 Å². The van der Waals surface area contributed by atoms with Crippen LogP contribution in [0.1, 0.15) is 52.7 Å². The molecular formula is C62H49N4O2Pt-3. The zero-order valence-corrected chi connectivity index (χ0v) is 41.6. The molecule has 0 unspecified atom stereocenters. The van der Waals surface area contributed by atoms with E-state index >= 15 is 0 Å². The number of fused-ring (bicyclic) bond motifs is 5. The molecule has 8 aromatic carbocycles. The van der Waals surface area contributed by atoms with Crippen LogP contribution in [0, 0.1) is 12.1 Å². The zero-order chi connectivity index (χ0) is 46.3. The van der Waals surface area contributed by atoms with Crippen molar-refractivity contribution >= 4 is 82.4 Å². The Balaban J connectivity index is 0.00000520. The van der Waals surface area contributed by atoms with Crippen molar-refractivity contribution in [2.75, 3.05) is 0 Å². The van der Waals surface area contributed by atoms with Crippen LogP contribution in [0.25, 0.3) is 105 Å². The molecule has 1 aliphatic rings. The first-order valence-electron chi connectivity index (χ1n) is 23.3. The second-order valence-electron chi connectivity index (χ2n) is 19.8.